The average Bonchev–Trinajstić information content (AvgIpc) is 2.47. The second-order valence-corrected chi connectivity index (χ2v) is 6.48. The molecule has 0 bridgehead atoms. The highest BCUT2D eigenvalue weighted by molar-refractivity contribution is 5.70. The van der Waals surface area contributed by atoms with Crippen LogP contribution in [0.15, 0.2) is 60.7 Å². The van der Waals surface area contributed by atoms with Crippen LogP contribution in [0.25, 0.3) is 0 Å². The molecule has 116 valence electrons. The molecule has 2 rings (SSSR count). The van der Waals surface area contributed by atoms with Crippen molar-refractivity contribution in [2.75, 3.05) is 0 Å². The van der Waals surface area contributed by atoms with Crippen LogP contribution in [0.4, 0.5) is 4.79 Å². The Hall–Kier alpha value is -2.29. The van der Waals surface area contributed by atoms with Crippen LogP contribution >= 0.6 is 0 Å². The van der Waals surface area contributed by atoms with E-state index < -0.39 is 17.2 Å². The monoisotopic (exact) mass is 297 g/mol. The molecule has 0 heterocycles. The maximum Gasteiger partial charge on any atom is 0.408 e. The van der Waals surface area contributed by atoms with E-state index in [1.807, 2.05) is 88.4 Å². The van der Waals surface area contributed by atoms with Gasteiger partial charge in [0.15, 0.2) is 0 Å². The van der Waals surface area contributed by atoms with Gasteiger partial charge in [-0.15, -0.1) is 0 Å². The van der Waals surface area contributed by atoms with E-state index in [1.54, 1.807) is 0 Å². The Labute approximate surface area is 132 Å². The summed E-state index contributed by atoms with van der Waals surface area (Å²) in [5.74, 6) is 0. The van der Waals surface area contributed by atoms with Crippen LogP contribution in [-0.4, -0.2) is 11.7 Å². The highest BCUT2D eigenvalue weighted by Crippen LogP contribution is 2.29. The largest absolute Gasteiger partial charge is 0.444 e. The fourth-order valence-electron chi connectivity index (χ4n) is 2.36. The van der Waals surface area contributed by atoms with Crippen molar-refractivity contribution < 1.29 is 9.53 Å². The number of alkyl carbamates (subject to hydrolysis) is 1. The number of hydrogen-bond acceptors (Lipinski definition) is 2. The third kappa shape index (κ3) is 3.88. The van der Waals surface area contributed by atoms with E-state index in [4.69, 9.17) is 4.74 Å². The van der Waals surface area contributed by atoms with Crippen LogP contribution in [0.5, 0.6) is 0 Å². The summed E-state index contributed by atoms with van der Waals surface area (Å²) in [6.07, 6.45) is -0.428. The summed E-state index contributed by atoms with van der Waals surface area (Å²) in [5.41, 5.74) is 0.836. The topological polar surface area (TPSA) is 38.3 Å². The highest BCUT2D eigenvalue weighted by atomic mass is 16.6. The first-order valence-corrected chi connectivity index (χ1v) is 7.43. The van der Waals surface area contributed by atoms with Crippen molar-refractivity contribution in [3.05, 3.63) is 71.8 Å². The van der Waals surface area contributed by atoms with E-state index in [-0.39, 0.29) is 0 Å². The van der Waals surface area contributed by atoms with Gasteiger partial charge in [-0.2, -0.15) is 0 Å². The number of ether oxygens (including phenoxy) is 1. The molecular weight excluding hydrogens is 274 g/mol. The van der Waals surface area contributed by atoms with Crippen molar-refractivity contribution in [2.24, 2.45) is 0 Å². The molecule has 2 aromatic rings. The van der Waals surface area contributed by atoms with Crippen LogP contribution in [0, 0.1) is 0 Å². The maximum absolute atomic E-state index is 12.3. The molecule has 3 heteroatoms. The predicted octanol–water partition coefficient (Wildman–Crippen LogP) is 4.47. The second kappa shape index (κ2) is 6.22. The number of carbonyl (C=O) groups is 1. The summed E-state index contributed by atoms with van der Waals surface area (Å²) in [6.45, 7) is 7.56. The maximum atomic E-state index is 12.3. The predicted molar refractivity (Wildman–Crippen MR) is 88.7 cm³/mol. The van der Waals surface area contributed by atoms with E-state index in [9.17, 15) is 4.79 Å². The number of carbonyl (C=O) groups excluding carboxylic acids is 1. The van der Waals surface area contributed by atoms with E-state index in [0.29, 0.717) is 0 Å². The molecule has 0 saturated carbocycles. The van der Waals surface area contributed by atoms with Crippen LogP contribution < -0.4 is 5.32 Å². The lowest BCUT2D eigenvalue weighted by molar-refractivity contribution is 0.0479. The van der Waals surface area contributed by atoms with Crippen LogP contribution in [-0.2, 0) is 10.3 Å². The number of hydrogen-bond donors (Lipinski definition) is 1. The summed E-state index contributed by atoms with van der Waals surface area (Å²) in [5, 5.41) is 3.02. The molecule has 3 nitrogen and oxygen atoms in total. The van der Waals surface area contributed by atoms with Gasteiger partial charge in [0.1, 0.15) is 5.60 Å². The standard InChI is InChI=1S/C19H23NO2/c1-18(2,3)22-17(21)20-19(4,15-11-7-5-8-12-15)16-13-9-6-10-14-16/h5-14H,1-4H3,(H,20,21). The molecule has 0 fully saturated rings. The Balaban J connectivity index is 2.37. The average molecular weight is 297 g/mol. The molecule has 22 heavy (non-hydrogen) atoms. The second-order valence-electron chi connectivity index (χ2n) is 6.48. The molecule has 0 aliphatic heterocycles. The van der Waals surface area contributed by atoms with Gasteiger partial charge in [0.05, 0.1) is 5.54 Å². The Morgan fingerprint density at radius 2 is 1.23 bits per heavy atom. The summed E-state index contributed by atoms with van der Waals surface area (Å²) >= 11 is 0. The zero-order chi connectivity index (χ0) is 16.2. The van der Waals surface area contributed by atoms with Gasteiger partial charge >= 0.3 is 6.09 Å². The fourth-order valence-corrected chi connectivity index (χ4v) is 2.36. The van der Waals surface area contributed by atoms with Crippen molar-refractivity contribution >= 4 is 6.09 Å². The van der Waals surface area contributed by atoms with Crippen molar-refractivity contribution in [1.82, 2.24) is 5.32 Å². The van der Waals surface area contributed by atoms with Gasteiger partial charge in [-0.05, 0) is 38.8 Å². The quantitative estimate of drug-likeness (QED) is 0.907. The Morgan fingerprint density at radius 3 is 1.59 bits per heavy atom. The molecule has 0 atom stereocenters. The zero-order valence-corrected chi connectivity index (χ0v) is 13.6. The molecule has 0 saturated heterocycles. The lowest BCUT2D eigenvalue weighted by atomic mass is 9.85. The summed E-state index contributed by atoms with van der Waals surface area (Å²) < 4.78 is 5.43. The fraction of sp³-hybridized carbons (Fsp3) is 0.316. The van der Waals surface area contributed by atoms with Crippen molar-refractivity contribution in [3.8, 4) is 0 Å². The van der Waals surface area contributed by atoms with E-state index in [1.165, 1.54) is 0 Å². The first-order valence-electron chi connectivity index (χ1n) is 7.43. The van der Waals surface area contributed by atoms with Crippen molar-refractivity contribution in [1.29, 1.82) is 0 Å². The Bertz CT molecular complexity index is 575. The summed E-state index contributed by atoms with van der Waals surface area (Å²) in [4.78, 5) is 12.3. The van der Waals surface area contributed by atoms with Gasteiger partial charge in [0, 0.05) is 0 Å². The molecule has 2 aromatic carbocycles. The minimum Gasteiger partial charge on any atom is -0.444 e. The lowest BCUT2D eigenvalue weighted by Gasteiger charge is -2.33. The van der Waals surface area contributed by atoms with Crippen molar-refractivity contribution in [3.63, 3.8) is 0 Å². The number of benzene rings is 2. The molecule has 0 aliphatic carbocycles. The van der Waals surface area contributed by atoms with Crippen LogP contribution in [0.2, 0.25) is 0 Å². The van der Waals surface area contributed by atoms with Gasteiger partial charge in [0.2, 0.25) is 0 Å². The minimum absolute atomic E-state index is 0.428. The van der Waals surface area contributed by atoms with E-state index in [2.05, 4.69) is 5.32 Å². The van der Waals surface area contributed by atoms with Gasteiger partial charge < -0.3 is 10.1 Å². The lowest BCUT2D eigenvalue weighted by Crippen LogP contribution is -2.46. The summed E-state index contributed by atoms with van der Waals surface area (Å²) in [6, 6.07) is 19.8. The Morgan fingerprint density at radius 1 is 0.818 bits per heavy atom. The van der Waals surface area contributed by atoms with Crippen molar-refractivity contribution in [2.45, 2.75) is 38.8 Å². The Kier molecular flexibility index (Phi) is 4.55. The highest BCUT2D eigenvalue weighted by Gasteiger charge is 2.32. The molecule has 1 N–H and O–H groups in total. The normalized spacial score (nSPS) is 11.8. The van der Waals surface area contributed by atoms with E-state index >= 15 is 0 Å². The molecular formula is C19H23NO2. The first kappa shape index (κ1) is 16.1. The van der Waals surface area contributed by atoms with Gasteiger partial charge in [-0.25, -0.2) is 4.79 Å². The van der Waals surface area contributed by atoms with Gasteiger partial charge in [-0.3, -0.25) is 0 Å². The third-order valence-corrected chi connectivity index (χ3v) is 3.45. The molecule has 0 aromatic heterocycles. The first-order chi connectivity index (χ1) is 10.3. The molecule has 0 spiro atoms. The smallest absolute Gasteiger partial charge is 0.408 e. The van der Waals surface area contributed by atoms with Gasteiger partial charge in [0.25, 0.3) is 0 Å². The van der Waals surface area contributed by atoms with Crippen LogP contribution in [0.1, 0.15) is 38.8 Å². The van der Waals surface area contributed by atoms with Crippen LogP contribution in [0.3, 0.4) is 0 Å². The number of amides is 1. The summed E-state index contributed by atoms with van der Waals surface area (Å²) in [7, 11) is 0. The SMILES string of the molecule is CC(C)(C)OC(=O)NC(C)(c1ccccc1)c1ccccc1. The molecule has 1 amide bonds. The number of nitrogens with one attached hydrogen (secondary N) is 1. The number of rotatable bonds is 3. The third-order valence-electron chi connectivity index (χ3n) is 3.45. The molecule has 0 unspecified atom stereocenters. The molecule has 0 radical (unpaired) electrons. The molecule has 0 aliphatic rings. The van der Waals surface area contributed by atoms with Gasteiger partial charge in [-0.1, -0.05) is 60.7 Å². The zero-order valence-electron chi connectivity index (χ0n) is 13.6. The van der Waals surface area contributed by atoms with E-state index in [0.717, 1.165) is 11.1 Å². The minimum atomic E-state index is -0.648.